The zero-order valence-electron chi connectivity index (χ0n) is 7.87. The molecular formula is C9H7F5OS. The maximum atomic E-state index is 13.0. The van der Waals surface area contributed by atoms with Gasteiger partial charge in [0.1, 0.15) is 0 Å². The third-order valence-corrected chi connectivity index (χ3v) is 2.75. The summed E-state index contributed by atoms with van der Waals surface area (Å²) in [5, 5.41) is 8.42. The fourth-order valence-corrected chi connectivity index (χ4v) is 1.75. The first-order chi connectivity index (χ1) is 7.50. The molecule has 0 atom stereocenters. The number of thioether (sulfide) groups is 1. The molecule has 0 spiro atoms. The first-order valence-corrected chi connectivity index (χ1v) is 5.35. The van der Waals surface area contributed by atoms with Crippen molar-refractivity contribution in [3.05, 3.63) is 34.6 Å². The van der Waals surface area contributed by atoms with Crippen molar-refractivity contribution in [3.63, 3.8) is 0 Å². The standard InChI is InChI=1S/C9H7F5OS/c10-5-4(3-16-2-1-15)6(11)8(13)9(14)7(5)12/h15H,1-3H2. The number of rotatable bonds is 4. The highest BCUT2D eigenvalue weighted by Crippen LogP contribution is 2.25. The maximum Gasteiger partial charge on any atom is 0.200 e. The van der Waals surface area contributed by atoms with E-state index in [-0.39, 0.29) is 18.1 Å². The second-order valence-corrected chi connectivity index (χ2v) is 3.93. The molecular weight excluding hydrogens is 251 g/mol. The van der Waals surface area contributed by atoms with Gasteiger partial charge in [-0.05, 0) is 0 Å². The molecule has 7 heteroatoms. The molecule has 0 bridgehead atoms. The maximum absolute atomic E-state index is 13.0. The molecule has 0 aromatic heterocycles. The summed E-state index contributed by atoms with van der Waals surface area (Å²) in [6.07, 6.45) is 0. The SMILES string of the molecule is OCCSCc1c(F)c(F)c(F)c(F)c1F. The van der Waals surface area contributed by atoms with E-state index in [1.54, 1.807) is 0 Å². The third-order valence-electron chi connectivity index (χ3n) is 1.78. The van der Waals surface area contributed by atoms with E-state index < -0.39 is 34.6 Å². The summed E-state index contributed by atoms with van der Waals surface area (Å²) in [6.45, 7) is -0.236. The summed E-state index contributed by atoms with van der Waals surface area (Å²) in [5.41, 5.74) is -0.866. The highest BCUT2D eigenvalue weighted by molar-refractivity contribution is 7.98. The zero-order valence-corrected chi connectivity index (χ0v) is 8.68. The van der Waals surface area contributed by atoms with Gasteiger partial charge >= 0.3 is 0 Å². The highest BCUT2D eigenvalue weighted by atomic mass is 32.2. The largest absolute Gasteiger partial charge is 0.396 e. The zero-order chi connectivity index (χ0) is 12.3. The molecule has 0 fully saturated rings. The van der Waals surface area contributed by atoms with Crippen LogP contribution in [0.2, 0.25) is 0 Å². The van der Waals surface area contributed by atoms with Gasteiger partial charge in [-0.25, -0.2) is 22.0 Å². The normalized spacial score (nSPS) is 10.9. The molecule has 1 nitrogen and oxygen atoms in total. The van der Waals surface area contributed by atoms with Crippen LogP contribution in [0.25, 0.3) is 0 Å². The lowest BCUT2D eigenvalue weighted by atomic mass is 10.2. The van der Waals surface area contributed by atoms with Crippen LogP contribution in [0.1, 0.15) is 5.56 Å². The predicted molar refractivity (Wildman–Crippen MR) is 49.5 cm³/mol. The van der Waals surface area contributed by atoms with Crippen LogP contribution in [0.3, 0.4) is 0 Å². The molecule has 1 N–H and O–H groups in total. The molecule has 1 aromatic rings. The van der Waals surface area contributed by atoms with E-state index in [4.69, 9.17) is 5.11 Å². The number of hydrogen-bond donors (Lipinski definition) is 1. The van der Waals surface area contributed by atoms with Crippen molar-refractivity contribution >= 4 is 11.8 Å². The summed E-state index contributed by atoms with van der Waals surface area (Å²) in [4.78, 5) is 0. The van der Waals surface area contributed by atoms with Gasteiger partial charge < -0.3 is 5.11 Å². The molecule has 0 heterocycles. The first-order valence-electron chi connectivity index (χ1n) is 4.19. The van der Waals surface area contributed by atoms with Gasteiger partial charge in [-0.3, -0.25) is 0 Å². The fourth-order valence-electron chi connectivity index (χ4n) is 1.02. The Hall–Kier alpha value is -0.820. The van der Waals surface area contributed by atoms with Crippen molar-refractivity contribution in [3.8, 4) is 0 Å². The molecule has 0 aliphatic carbocycles. The minimum Gasteiger partial charge on any atom is -0.396 e. The monoisotopic (exact) mass is 258 g/mol. The van der Waals surface area contributed by atoms with E-state index in [1.807, 2.05) is 0 Å². The summed E-state index contributed by atoms with van der Waals surface area (Å²) >= 11 is 0.872. The van der Waals surface area contributed by atoms with Gasteiger partial charge in [0.25, 0.3) is 0 Å². The number of aliphatic hydroxyl groups is 1. The van der Waals surface area contributed by atoms with Gasteiger partial charge in [0.2, 0.25) is 5.82 Å². The van der Waals surface area contributed by atoms with Crippen LogP contribution in [0, 0.1) is 29.1 Å². The van der Waals surface area contributed by atoms with Crippen LogP contribution in [-0.4, -0.2) is 17.5 Å². The van der Waals surface area contributed by atoms with Crippen LogP contribution in [-0.2, 0) is 5.75 Å². The lowest BCUT2D eigenvalue weighted by Crippen LogP contribution is -2.06. The fraction of sp³-hybridized carbons (Fsp3) is 0.333. The Balaban J connectivity index is 3.08. The second kappa shape index (κ2) is 5.49. The molecule has 1 rings (SSSR count). The van der Waals surface area contributed by atoms with E-state index >= 15 is 0 Å². The lowest BCUT2D eigenvalue weighted by Gasteiger charge is -2.07. The Bertz CT molecular complexity index is 367. The van der Waals surface area contributed by atoms with Crippen LogP contribution >= 0.6 is 11.8 Å². The van der Waals surface area contributed by atoms with Crippen LogP contribution in [0.15, 0.2) is 0 Å². The Morgan fingerprint density at radius 3 is 1.69 bits per heavy atom. The van der Waals surface area contributed by atoms with Gasteiger partial charge in [-0.1, -0.05) is 0 Å². The van der Waals surface area contributed by atoms with Crippen LogP contribution in [0.4, 0.5) is 22.0 Å². The summed E-state index contributed by atoms with van der Waals surface area (Å²) < 4.78 is 64.1. The van der Waals surface area contributed by atoms with Gasteiger partial charge in [0.05, 0.1) is 6.61 Å². The van der Waals surface area contributed by atoms with Crippen molar-refractivity contribution in [2.75, 3.05) is 12.4 Å². The number of halogens is 5. The van der Waals surface area contributed by atoms with E-state index in [1.165, 1.54) is 0 Å². The van der Waals surface area contributed by atoms with E-state index in [2.05, 4.69) is 0 Å². The Labute approximate surface area is 92.3 Å². The van der Waals surface area contributed by atoms with Crippen molar-refractivity contribution < 1.29 is 27.1 Å². The summed E-state index contributed by atoms with van der Waals surface area (Å²) in [5.74, 6) is -9.92. The average Bonchev–Trinajstić information content (AvgIpc) is 2.28. The van der Waals surface area contributed by atoms with Crippen LogP contribution in [0.5, 0.6) is 0 Å². The minimum absolute atomic E-state index is 0.152. The third kappa shape index (κ3) is 2.46. The molecule has 16 heavy (non-hydrogen) atoms. The second-order valence-electron chi connectivity index (χ2n) is 2.82. The Morgan fingerprint density at radius 2 is 1.25 bits per heavy atom. The lowest BCUT2D eigenvalue weighted by molar-refractivity contribution is 0.322. The molecule has 0 amide bonds. The Kier molecular flexibility index (Phi) is 4.55. The number of aliphatic hydroxyl groups excluding tert-OH is 1. The average molecular weight is 258 g/mol. The Morgan fingerprint density at radius 1 is 0.812 bits per heavy atom. The van der Waals surface area contributed by atoms with Gasteiger partial charge in [-0.2, -0.15) is 11.8 Å². The highest BCUT2D eigenvalue weighted by Gasteiger charge is 2.25. The molecule has 0 aliphatic rings. The topological polar surface area (TPSA) is 20.2 Å². The number of hydrogen-bond acceptors (Lipinski definition) is 2. The molecule has 0 aliphatic heterocycles. The molecule has 0 radical (unpaired) electrons. The van der Waals surface area contributed by atoms with Gasteiger partial charge in [0, 0.05) is 17.1 Å². The van der Waals surface area contributed by atoms with Crippen molar-refractivity contribution in [2.24, 2.45) is 0 Å². The molecule has 0 unspecified atom stereocenters. The molecule has 1 aromatic carbocycles. The van der Waals surface area contributed by atoms with Gasteiger partial charge in [0.15, 0.2) is 23.3 Å². The molecule has 0 saturated heterocycles. The quantitative estimate of drug-likeness (QED) is 0.388. The molecule has 0 saturated carbocycles. The van der Waals surface area contributed by atoms with Crippen LogP contribution < -0.4 is 0 Å². The van der Waals surface area contributed by atoms with E-state index in [9.17, 15) is 22.0 Å². The van der Waals surface area contributed by atoms with Crippen molar-refractivity contribution in [1.29, 1.82) is 0 Å². The van der Waals surface area contributed by atoms with Gasteiger partial charge in [-0.15, -0.1) is 0 Å². The van der Waals surface area contributed by atoms with E-state index in [0.29, 0.717) is 0 Å². The number of benzene rings is 1. The minimum atomic E-state index is -2.16. The summed E-state index contributed by atoms with van der Waals surface area (Å²) in [6, 6.07) is 0. The first kappa shape index (κ1) is 13.2. The van der Waals surface area contributed by atoms with Crippen molar-refractivity contribution in [2.45, 2.75) is 5.75 Å². The smallest absolute Gasteiger partial charge is 0.200 e. The van der Waals surface area contributed by atoms with E-state index in [0.717, 1.165) is 11.8 Å². The predicted octanol–water partition coefficient (Wildman–Crippen LogP) is 2.61. The summed E-state index contributed by atoms with van der Waals surface area (Å²) in [7, 11) is 0. The molecule has 90 valence electrons. The van der Waals surface area contributed by atoms with Crippen molar-refractivity contribution in [1.82, 2.24) is 0 Å².